The third kappa shape index (κ3) is 5.33. The Labute approximate surface area is 123 Å². The van der Waals surface area contributed by atoms with Crippen molar-refractivity contribution in [3.8, 4) is 5.75 Å². The molecular weight excluding hydrogens is 298 g/mol. The number of aliphatic carboxylic acids is 1. The largest absolute Gasteiger partial charge is 0.496 e. The maximum atomic E-state index is 12.1. The Morgan fingerprint density at radius 1 is 1.33 bits per heavy atom. The molecule has 0 aliphatic heterocycles. The predicted molar refractivity (Wildman–Crippen MR) is 76.5 cm³/mol. The molecule has 7 nitrogen and oxygen atoms in total. The normalized spacial score (nSPS) is 11.6. The molecule has 1 rings (SSSR count). The van der Waals surface area contributed by atoms with Crippen molar-refractivity contribution < 1.29 is 28.2 Å². The van der Waals surface area contributed by atoms with E-state index in [0.717, 1.165) is 4.31 Å². The first-order valence-electron chi connectivity index (χ1n) is 6.33. The van der Waals surface area contributed by atoms with E-state index in [1.807, 2.05) is 0 Å². The van der Waals surface area contributed by atoms with Crippen LogP contribution in [0.15, 0.2) is 24.3 Å². The van der Waals surface area contributed by atoms with E-state index in [0.29, 0.717) is 11.3 Å². The number of nitrogens with zero attached hydrogens (tertiary/aromatic N) is 1. The zero-order valence-corrected chi connectivity index (χ0v) is 12.5. The lowest BCUT2D eigenvalue weighted by Crippen LogP contribution is -2.35. The van der Waals surface area contributed by atoms with E-state index in [1.54, 1.807) is 24.3 Å². The molecule has 21 heavy (non-hydrogen) atoms. The molecule has 0 spiro atoms. The Balaban J connectivity index is 2.93. The minimum absolute atomic E-state index is 0.0204. The first-order chi connectivity index (χ1) is 9.90. The number of ether oxygens (including phenoxy) is 1. The highest BCUT2D eigenvalue weighted by atomic mass is 32.2. The number of carboxylic acid groups (broad SMARTS) is 1. The van der Waals surface area contributed by atoms with Gasteiger partial charge in [0.05, 0.1) is 25.9 Å². The Kier molecular flexibility index (Phi) is 6.60. The number of benzene rings is 1. The number of rotatable bonds is 9. The van der Waals surface area contributed by atoms with Crippen molar-refractivity contribution in [2.75, 3.05) is 26.0 Å². The van der Waals surface area contributed by atoms with Gasteiger partial charge in [0.25, 0.3) is 0 Å². The molecule has 118 valence electrons. The van der Waals surface area contributed by atoms with Crippen LogP contribution >= 0.6 is 0 Å². The molecule has 2 N–H and O–H groups in total. The summed E-state index contributed by atoms with van der Waals surface area (Å²) in [5.74, 6) is -1.15. The second kappa shape index (κ2) is 7.96. The zero-order valence-electron chi connectivity index (χ0n) is 11.7. The fraction of sp³-hybridized carbons (Fsp3) is 0.462. The van der Waals surface area contributed by atoms with E-state index in [1.165, 1.54) is 7.11 Å². The van der Waals surface area contributed by atoms with Gasteiger partial charge in [-0.15, -0.1) is 0 Å². The molecule has 8 heteroatoms. The van der Waals surface area contributed by atoms with Gasteiger partial charge in [-0.25, -0.2) is 8.42 Å². The van der Waals surface area contributed by atoms with Gasteiger partial charge in [-0.05, 0) is 6.07 Å². The maximum Gasteiger partial charge on any atom is 0.304 e. The summed E-state index contributed by atoms with van der Waals surface area (Å²) in [6, 6.07) is 6.93. The molecule has 0 amide bonds. The molecule has 0 aromatic heterocycles. The fourth-order valence-corrected chi connectivity index (χ4v) is 3.18. The Hall–Kier alpha value is -1.64. The summed E-state index contributed by atoms with van der Waals surface area (Å²) in [4.78, 5) is 10.5. The van der Waals surface area contributed by atoms with Gasteiger partial charge < -0.3 is 14.9 Å². The van der Waals surface area contributed by atoms with Gasteiger partial charge in [-0.2, -0.15) is 4.31 Å². The minimum atomic E-state index is -3.77. The highest BCUT2D eigenvalue weighted by Crippen LogP contribution is 2.20. The molecule has 0 bridgehead atoms. The van der Waals surface area contributed by atoms with Crippen molar-refractivity contribution in [3.05, 3.63) is 29.8 Å². The smallest absolute Gasteiger partial charge is 0.304 e. The van der Waals surface area contributed by atoms with Crippen LogP contribution in [0.4, 0.5) is 0 Å². The van der Waals surface area contributed by atoms with Crippen LogP contribution in [0.3, 0.4) is 0 Å². The lowest BCUT2D eigenvalue weighted by molar-refractivity contribution is -0.136. The Morgan fingerprint density at radius 2 is 2.00 bits per heavy atom. The van der Waals surface area contributed by atoms with E-state index in [2.05, 4.69) is 0 Å². The summed E-state index contributed by atoms with van der Waals surface area (Å²) in [5.41, 5.74) is 0.646. The molecule has 0 heterocycles. The molecule has 1 aromatic rings. The van der Waals surface area contributed by atoms with Gasteiger partial charge in [0, 0.05) is 18.7 Å². The van der Waals surface area contributed by atoms with Crippen molar-refractivity contribution in [2.45, 2.75) is 13.0 Å². The molecule has 1 aromatic carbocycles. The van der Waals surface area contributed by atoms with Crippen molar-refractivity contribution >= 4 is 16.0 Å². The van der Waals surface area contributed by atoms with E-state index < -0.39 is 28.2 Å². The van der Waals surface area contributed by atoms with Crippen LogP contribution in [0, 0.1) is 0 Å². The van der Waals surface area contributed by atoms with Gasteiger partial charge in [0.15, 0.2) is 0 Å². The first kappa shape index (κ1) is 17.4. The average Bonchev–Trinajstić information content (AvgIpc) is 2.45. The molecule has 0 fully saturated rings. The summed E-state index contributed by atoms with van der Waals surface area (Å²) in [5, 5.41) is 17.6. The summed E-state index contributed by atoms with van der Waals surface area (Å²) in [7, 11) is -2.29. The second-order valence-corrected chi connectivity index (χ2v) is 6.42. The quantitative estimate of drug-likeness (QED) is 0.678. The minimum Gasteiger partial charge on any atom is -0.496 e. The number of aliphatic hydroxyl groups excluding tert-OH is 1. The first-order valence-corrected chi connectivity index (χ1v) is 7.94. The van der Waals surface area contributed by atoms with Gasteiger partial charge >= 0.3 is 5.97 Å². The number of carbonyl (C=O) groups is 1. The lowest BCUT2D eigenvalue weighted by atomic mass is 10.2. The number of para-hydroxylation sites is 1. The highest BCUT2D eigenvalue weighted by molar-refractivity contribution is 7.89. The van der Waals surface area contributed by atoms with E-state index in [-0.39, 0.29) is 19.7 Å². The Bertz CT molecular complexity index is 572. The summed E-state index contributed by atoms with van der Waals surface area (Å²) < 4.78 is 30.5. The van der Waals surface area contributed by atoms with Crippen LogP contribution in [0.25, 0.3) is 0 Å². The molecular formula is C13H19NO6S. The molecule has 0 unspecified atom stereocenters. The molecule has 0 saturated heterocycles. The topological polar surface area (TPSA) is 104 Å². The van der Waals surface area contributed by atoms with E-state index in [4.69, 9.17) is 14.9 Å². The molecule has 0 aliphatic rings. The van der Waals surface area contributed by atoms with Crippen LogP contribution in [0.1, 0.15) is 12.0 Å². The van der Waals surface area contributed by atoms with E-state index >= 15 is 0 Å². The third-order valence-corrected chi connectivity index (χ3v) is 4.67. The van der Waals surface area contributed by atoms with Crippen molar-refractivity contribution in [1.82, 2.24) is 4.31 Å². The van der Waals surface area contributed by atoms with Crippen LogP contribution < -0.4 is 4.74 Å². The fourth-order valence-electron chi connectivity index (χ4n) is 1.80. The second-order valence-electron chi connectivity index (χ2n) is 4.33. The number of sulfonamides is 1. The predicted octanol–water partition coefficient (Wildman–Crippen LogP) is 0.294. The third-order valence-electron chi connectivity index (χ3n) is 2.86. The standard InChI is InChI=1S/C13H19NO6S/c1-20-12-5-3-2-4-11(12)10-14(7-8-15)21(18,19)9-6-13(16)17/h2-5,15H,6-10H2,1H3,(H,16,17). The summed E-state index contributed by atoms with van der Waals surface area (Å²) in [6.45, 7) is -0.423. The molecule has 0 atom stereocenters. The molecule has 0 radical (unpaired) electrons. The SMILES string of the molecule is COc1ccccc1CN(CCO)S(=O)(=O)CCC(=O)O. The number of methoxy groups -OCH3 is 1. The van der Waals surface area contributed by atoms with Crippen molar-refractivity contribution in [2.24, 2.45) is 0 Å². The van der Waals surface area contributed by atoms with Gasteiger partial charge in [0.1, 0.15) is 5.75 Å². The number of hydrogen-bond acceptors (Lipinski definition) is 5. The zero-order chi connectivity index (χ0) is 15.9. The summed E-state index contributed by atoms with van der Waals surface area (Å²) >= 11 is 0. The number of hydrogen-bond donors (Lipinski definition) is 2. The van der Waals surface area contributed by atoms with Crippen LogP contribution in [0.2, 0.25) is 0 Å². The van der Waals surface area contributed by atoms with E-state index in [9.17, 15) is 13.2 Å². The number of aliphatic hydroxyl groups is 1. The summed E-state index contributed by atoms with van der Waals surface area (Å²) in [6.07, 6.45) is -0.476. The van der Waals surface area contributed by atoms with Crippen molar-refractivity contribution in [3.63, 3.8) is 0 Å². The van der Waals surface area contributed by atoms with Gasteiger partial charge in [0.2, 0.25) is 10.0 Å². The number of carboxylic acids is 1. The van der Waals surface area contributed by atoms with Gasteiger partial charge in [-0.3, -0.25) is 4.79 Å². The Morgan fingerprint density at radius 3 is 2.57 bits per heavy atom. The molecule has 0 aliphatic carbocycles. The monoisotopic (exact) mass is 317 g/mol. The van der Waals surface area contributed by atoms with Gasteiger partial charge in [-0.1, -0.05) is 18.2 Å². The van der Waals surface area contributed by atoms with Crippen LogP contribution in [-0.2, 0) is 21.4 Å². The van der Waals surface area contributed by atoms with Crippen molar-refractivity contribution in [1.29, 1.82) is 0 Å². The van der Waals surface area contributed by atoms with Crippen LogP contribution in [-0.4, -0.2) is 54.9 Å². The lowest BCUT2D eigenvalue weighted by Gasteiger charge is -2.22. The van der Waals surface area contributed by atoms with Crippen LogP contribution in [0.5, 0.6) is 5.75 Å². The highest BCUT2D eigenvalue weighted by Gasteiger charge is 2.23. The molecule has 0 saturated carbocycles. The average molecular weight is 317 g/mol. The maximum absolute atomic E-state index is 12.1.